The van der Waals surface area contributed by atoms with Crippen molar-refractivity contribution >= 4 is 23.5 Å². The van der Waals surface area contributed by atoms with Crippen LogP contribution in [0.25, 0.3) is 0 Å². The van der Waals surface area contributed by atoms with Gasteiger partial charge in [0.1, 0.15) is 11.3 Å². The number of methoxy groups -OCH3 is 1. The number of esters is 1. The molecule has 2 amide bonds. The second-order valence-electron chi connectivity index (χ2n) is 6.80. The molecule has 0 unspecified atom stereocenters. The van der Waals surface area contributed by atoms with E-state index in [-0.39, 0.29) is 5.91 Å². The third kappa shape index (κ3) is 2.35. The third-order valence-corrected chi connectivity index (χ3v) is 5.63. The highest BCUT2D eigenvalue weighted by Crippen LogP contribution is 2.51. The quantitative estimate of drug-likeness (QED) is 0.656. The van der Waals surface area contributed by atoms with Crippen LogP contribution in [0.4, 0.5) is 5.69 Å². The van der Waals surface area contributed by atoms with Gasteiger partial charge in [0.25, 0.3) is 0 Å². The van der Waals surface area contributed by atoms with Gasteiger partial charge < -0.3 is 9.15 Å². The molecule has 3 heterocycles. The Balaban J connectivity index is 1.85. The zero-order chi connectivity index (χ0) is 19.2. The van der Waals surface area contributed by atoms with Crippen LogP contribution in [0.5, 0.6) is 0 Å². The van der Waals surface area contributed by atoms with Crippen LogP contribution in [-0.4, -0.2) is 30.4 Å². The molecule has 7 heteroatoms. The Morgan fingerprint density at radius 1 is 1.19 bits per heavy atom. The van der Waals surface area contributed by atoms with Crippen LogP contribution < -0.4 is 10.2 Å². The number of nitrogens with one attached hydrogen (secondary N) is 1. The molecule has 1 N–H and O–H groups in total. The molecule has 0 aliphatic carbocycles. The monoisotopic (exact) mass is 368 g/mol. The Morgan fingerprint density at radius 3 is 2.52 bits per heavy atom. The average molecular weight is 368 g/mol. The molecular formula is C20H20N2O5. The summed E-state index contributed by atoms with van der Waals surface area (Å²) in [4.78, 5) is 40.5. The van der Waals surface area contributed by atoms with E-state index in [1.165, 1.54) is 18.3 Å². The first kappa shape index (κ1) is 17.5. The summed E-state index contributed by atoms with van der Waals surface area (Å²) >= 11 is 0. The molecule has 7 nitrogen and oxygen atoms in total. The Hall–Kier alpha value is -2.93. The van der Waals surface area contributed by atoms with Gasteiger partial charge in [0.15, 0.2) is 0 Å². The Morgan fingerprint density at radius 2 is 1.93 bits per heavy atom. The minimum Gasteiger partial charge on any atom is -0.468 e. The summed E-state index contributed by atoms with van der Waals surface area (Å²) in [6.07, 6.45) is 1.81. The molecule has 0 bridgehead atoms. The SMILES string of the molecule is CC[C@]1(C(=O)OC)N[C@@H](c2ccco2)[C@H]2C(=O)N(c3ccccc3)C(=O)[C@H]21. The second-order valence-corrected chi connectivity index (χ2v) is 6.80. The Bertz CT molecular complexity index is 879. The molecule has 27 heavy (non-hydrogen) atoms. The van der Waals surface area contributed by atoms with Gasteiger partial charge in [0, 0.05) is 0 Å². The van der Waals surface area contributed by atoms with Gasteiger partial charge in [-0.05, 0) is 30.7 Å². The fourth-order valence-electron chi connectivity index (χ4n) is 4.38. The number of para-hydroxylation sites is 1. The number of hydrogen-bond donors (Lipinski definition) is 1. The van der Waals surface area contributed by atoms with E-state index in [2.05, 4.69) is 5.32 Å². The summed E-state index contributed by atoms with van der Waals surface area (Å²) in [6.45, 7) is 1.80. The predicted molar refractivity (Wildman–Crippen MR) is 95.5 cm³/mol. The smallest absolute Gasteiger partial charge is 0.326 e. The first-order valence-electron chi connectivity index (χ1n) is 8.87. The molecule has 1 aromatic carbocycles. The van der Waals surface area contributed by atoms with E-state index < -0.39 is 35.3 Å². The van der Waals surface area contributed by atoms with E-state index in [0.29, 0.717) is 17.9 Å². The van der Waals surface area contributed by atoms with Crippen LogP contribution in [0.3, 0.4) is 0 Å². The molecule has 2 aromatic rings. The van der Waals surface area contributed by atoms with Crippen molar-refractivity contribution < 1.29 is 23.5 Å². The lowest BCUT2D eigenvalue weighted by Crippen LogP contribution is -2.55. The minimum atomic E-state index is -1.28. The van der Waals surface area contributed by atoms with Gasteiger partial charge in [0.05, 0.1) is 36.9 Å². The van der Waals surface area contributed by atoms with Gasteiger partial charge in [-0.15, -0.1) is 0 Å². The number of ether oxygens (including phenoxy) is 1. The summed E-state index contributed by atoms with van der Waals surface area (Å²) < 4.78 is 10.5. The summed E-state index contributed by atoms with van der Waals surface area (Å²) in [5.74, 6) is -2.39. The maximum Gasteiger partial charge on any atom is 0.326 e. The number of carbonyl (C=O) groups is 3. The van der Waals surface area contributed by atoms with Crippen molar-refractivity contribution in [1.82, 2.24) is 5.32 Å². The fourth-order valence-corrected chi connectivity index (χ4v) is 4.38. The first-order chi connectivity index (χ1) is 13.0. The van der Waals surface area contributed by atoms with Crippen molar-refractivity contribution in [1.29, 1.82) is 0 Å². The van der Waals surface area contributed by atoms with E-state index >= 15 is 0 Å². The zero-order valence-corrected chi connectivity index (χ0v) is 15.0. The van der Waals surface area contributed by atoms with Crippen LogP contribution in [0, 0.1) is 11.8 Å². The molecule has 0 spiro atoms. The predicted octanol–water partition coefficient (Wildman–Crippen LogP) is 2.05. The lowest BCUT2D eigenvalue weighted by atomic mass is 9.78. The highest BCUT2D eigenvalue weighted by atomic mass is 16.5. The summed E-state index contributed by atoms with van der Waals surface area (Å²) in [7, 11) is 1.28. The summed E-state index contributed by atoms with van der Waals surface area (Å²) in [5.41, 5.74) is -0.789. The van der Waals surface area contributed by atoms with Gasteiger partial charge in [-0.25, -0.2) is 4.90 Å². The highest BCUT2D eigenvalue weighted by Gasteiger charge is 2.68. The molecular weight excluding hydrogens is 348 g/mol. The van der Waals surface area contributed by atoms with Gasteiger partial charge in [0.2, 0.25) is 11.8 Å². The Labute approximate surface area is 156 Å². The van der Waals surface area contributed by atoms with E-state index in [1.807, 2.05) is 6.07 Å². The van der Waals surface area contributed by atoms with Crippen molar-refractivity contribution in [3.8, 4) is 0 Å². The molecule has 140 valence electrons. The molecule has 2 fully saturated rings. The summed E-state index contributed by atoms with van der Waals surface area (Å²) in [5, 5.41) is 3.21. The maximum atomic E-state index is 13.3. The first-order valence-corrected chi connectivity index (χ1v) is 8.87. The number of hydrogen-bond acceptors (Lipinski definition) is 6. The second kappa shape index (κ2) is 6.35. The van der Waals surface area contributed by atoms with E-state index in [9.17, 15) is 14.4 Å². The number of anilines is 1. The fraction of sp³-hybridized carbons (Fsp3) is 0.350. The molecule has 2 aliphatic heterocycles. The number of carbonyl (C=O) groups excluding carboxylic acids is 3. The highest BCUT2D eigenvalue weighted by molar-refractivity contribution is 6.24. The van der Waals surface area contributed by atoms with E-state index in [1.54, 1.807) is 43.3 Å². The minimum absolute atomic E-state index is 0.305. The van der Waals surface area contributed by atoms with Crippen LogP contribution in [0.15, 0.2) is 53.1 Å². The summed E-state index contributed by atoms with van der Waals surface area (Å²) in [6, 6.07) is 11.6. The van der Waals surface area contributed by atoms with Gasteiger partial charge >= 0.3 is 5.97 Å². The van der Waals surface area contributed by atoms with Crippen LogP contribution >= 0.6 is 0 Å². The van der Waals surface area contributed by atoms with Crippen molar-refractivity contribution in [2.75, 3.05) is 12.0 Å². The lowest BCUT2D eigenvalue weighted by molar-refractivity contribution is -0.152. The number of rotatable bonds is 4. The van der Waals surface area contributed by atoms with E-state index in [4.69, 9.17) is 9.15 Å². The molecule has 4 atom stereocenters. The maximum absolute atomic E-state index is 13.3. The largest absolute Gasteiger partial charge is 0.468 e. The lowest BCUT2D eigenvalue weighted by Gasteiger charge is -2.31. The van der Waals surface area contributed by atoms with Crippen LogP contribution in [-0.2, 0) is 19.1 Å². The van der Waals surface area contributed by atoms with Crippen molar-refractivity contribution in [3.05, 3.63) is 54.5 Å². The number of furan rings is 1. The van der Waals surface area contributed by atoms with Crippen molar-refractivity contribution in [2.45, 2.75) is 24.9 Å². The number of imide groups is 1. The van der Waals surface area contributed by atoms with Gasteiger partial charge in [-0.3, -0.25) is 19.7 Å². The number of nitrogens with zero attached hydrogens (tertiary/aromatic N) is 1. The molecule has 1 aromatic heterocycles. The molecule has 0 radical (unpaired) electrons. The van der Waals surface area contributed by atoms with Gasteiger partial charge in [-0.1, -0.05) is 25.1 Å². The van der Waals surface area contributed by atoms with Gasteiger partial charge in [-0.2, -0.15) is 0 Å². The number of benzene rings is 1. The van der Waals surface area contributed by atoms with Crippen LogP contribution in [0.2, 0.25) is 0 Å². The topological polar surface area (TPSA) is 88.8 Å². The Kier molecular flexibility index (Phi) is 4.11. The molecule has 4 rings (SSSR count). The molecule has 0 saturated carbocycles. The average Bonchev–Trinajstić information content (AvgIpc) is 3.39. The normalized spacial score (nSPS) is 29.9. The number of fused-ring (bicyclic) bond motifs is 1. The van der Waals surface area contributed by atoms with E-state index in [0.717, 1.165) is 0 Å². The number of amides is 2. The van der Waals surface area contributed by atoms with Crippen LogP contribution in [0.1, 0.15) is 25.1 Å². The van der Waals surface area contributed by atoms with Crippen molar-refractivity contribution in [3.63, 3.8) is 0 Å². The standard InChI is InChI=1S/C20H20N2O5/c1-3-20(19(25)26-2)15-14(16(21-20)13-10-7-11-27-13)17(23)22(18(15)24)12-8-5-4-6-9-12/h4-11,14-16,21H,3H2,1-2H3/t14-,15-,16-,20-/m0/s1. The molecule has 2 aliphatic rings. The third-order valence-electron chi connectivity index (χ3n) is 5.63. The zero-order valence-electron chi connectivity index (χ0n) is 15.0. The van der Waals surface area contributed by atoms with Crippen molar-refractivity contribution in [2.24, 2.45) is 11.8 Å². The molecule has 2 saturated heterocycles.